The second-order valence-electron chi connectivity index (χ2n) is 4.55. The van der Waals surface area contributed by atoms with E-state index in [4.69, 9.17) is 5.73 Å². The van der Waals surface area contributed by atoms with E-state index in [9.17, 15) is 0 Å². The molecule has 1 aromatic rings. The molecule has 0 amide bonds. The van der Waals surface area contributed by atoms with Crippen molar-refractivity contribution in [3.63, 3.8) is 0 Å². The lowest BCUT2D eigenvalue weighted by Gasteiger charge is -2.16. The molecule has 1 aliphatic rings. The molecule has 0 saturated heterocycles. The summed E-state index contributed by atoms with van der Waals surface area (Å²) in [6.45, 7) is 3.00. The van der Waals surface area contributed by atoms with Crippen molar-refractivity contribution < 1.29 is 0 Å². The second-order valence-corrected chi connectivity index (χ2v) is 4.55. The Morgan fingerprint density at radius 2 is 2.38 bits per heavy atom. The molecule has 1 aliphatic carbocycles. The quantitative estimate of drug-likeness (QED) is 0.791. The van der Waals surface area contributed by atoms with Crippen LogP contribution in [0.1, 0.15) is 50.6 Å². The van der Waals surface area contributed by atoms with Crippen LogP contribution in [0, 0.1) is 0 Å². The van der Waals surface area contributed by atoms with Gasteiger partial charge in [0, 0.05) is 24.3 Å². The topological polar surface area (TPSA) is 43.8 Å². The van der Waals surface area contributed by atoms with Crippen LogP contribution >= 0.6 is 0 Å². The molecule has 2 rings (SSSR count). The maximum atomic E-state index is 6.20. The van der Waals surface area contributed by atoms with Gasteiger partial charge in [-0.2, -0.15) is 5.10 Å². The summed E-state index contributed by atoms with van der Waals surface area (Å²) in [6, 6.07) is 0.115. The largest absolute Gasteiger partial charge is 0.324 e. The van der Waals surface area contributed by atoms with Crippen molar-refractivity contribution >= 4 is 0 Å². The summed E-state index contributed by atoms with van der Waals surface area (Å²) in [4.78, 5) is 0. The van der Waals surface area contributed by atoms with Gasteiger partial charge in [-0.3, -0.25) is 4.68 Å². The van der Waals surface area contributed by atoms with E-state index in [2.05, 4.69) is 24.3 Å². The molecule has 0 aromatic carbocycles. The Morgan fingerprint density at radius 3 is 3.00 bits per heavy atom. The molecule has 1 atom stereocenters. The Morgan fingerprint density at radius 1 is 1.50 bits per heavy atom. The van der Waals surface area contributed by atoms with Crippen molar-refractivity contribution in [2.45, 2.75) is 51.6 Å². The summed E-state index contributed by atoms with van der Waals surface area (Å²) in [7, 11) is 0. The van der Waals surface area contributed by atoms with Gasteiger partial charge in [0.1, 0.15) is 0 Å². The maximum Gasteiger partial charge on any atom is 0.0537 e. The first-order valence-corrected chi connectivity index (χ1v) is 6.25. The monoisotopic (exact) mass is 219 g/mol. The molecular formula is C13H21N3. The summed E-state index contributed by atoms with van der Waals surface area (Å²) < 4.78 is 1.93. The molecule has 1 heterocycles. The first-order chi connectivity index (χ1) is 7.79. The van der Waals surface area contributed by atoms with Gasteiger partial charge < -0.3 is 5.73 Å². The highest BCUT2D eigenvalue weighted by atomic mass is 15.3. The molecule has 0 spiro atoms. The Labute approximate surface area is 97.3 Å². The van der Waals surface area contributed by atoms with Crippen LogP contribution < -0.4 is 5.73 Å². The van der Waals surface area contributed by atoms with E-state index in [1.54, 1.807) is 0 Å². The lowest BCUT2D eigenvalue weighted by atomic mass is 9.93. The van der Waals surface area contributed by atoms with Crippen LogP contribution in [0.15, 0.2) is 24.0 Å². The maximum absolute atomic E-state index is 6.20. The second kappa shape index (κ2) is 5.30. The van der Waals surface area contributed by atoms with Gasteiger partial charge in [0.15, 0.2) is 0 Å². The first-order valence-electron chi connectivity index (χ1n) is 6.25. The normalized spacial score (nSPS) is 18.2. The third-order valence-corrected chi connectivity index (χ3v) is 3.27. The van der Waals surface area contributed by atoms with Crippen LogP contribution in [0.3, 0.4) is 0 Å². The molecule has 88 valence electrons. The van der Waals surface area contributed by atoms with Crippen molar-refractivity contribution in [2.24, 2.45) is 5.73 Å². The average molecular weight is 219 g/mol. The van der Waals surface area contributed by atoms with Crippen molar-refractivity contribution in [1.29, 1.82) is 0 Å². The smallest absolute Gasteiger partial charge is 0.0537 e. The Balaban J connectivity index is 1.96. The fourth-order valence-corrected chi connectivity index (χ4v) is 2.23. The zero-order chi connectivity index (χ0) is 11.4. The van der Waals surface area contributed by atoms with E-state index < -0.39 is 0 Å². The number of hydrogen-bond acceptors (Lipinski definition) is 2. The lowest BCUT2D eigenvalue weighted by molar-refractivity contribution is 0.625. The van der Waals surface area contributed by atoms with Gasteiger partial charge in [0.2, 0.25) is 0 Å². The zero-order valence-electron chi connectivity index (χ0n) is 10.0. The Hall–Kier alpha value is -1.09. The van der Waals surface area contributed by atoms with Gasteiger partial charge in [-0.15, -0.1) is 0 Å². The molecule has 0 fully saturated rings. The van der Waals surface area contributed by atoms with Gasteiger partial charge in [0.25, 0.3) is 0 Å². The Bertz CT molecular complexity index is 365. The lowest BCUT2D eigenvalue weighted by Crippen LogP contribution is -2.11. The summed E-state index contributed by atoms with van der Waals surface area (Å²) in [5, 5.41) is 4.27. The van der Waals surface area contributed by atoms with E-state index >= 15 is 0 Å². The number of aryl methyl sites for hydroxylation is 1. The van der Waals surface area contributed by atoms with Gasteiger partial charge in [-0.1, -0.05) is 11.6 Å². The van der Waals surface area contributed by atoms with Crippen molar-refractivity contribution in [2.75, 3.05) is 0 Å². The van der Waals surface area contributed by atoms with E-state index in [1.807, 2.05) is 10.9 Å². The van der Waals surface area contributed by atoms with E-state index in [-0.39, 0.29) is 6.04 Å². The molecule has 16 heavy (non-hydrogen) atoms. The van der Waals surface area contributed by atoms with Crippen molar-refractivity contribution in [3.05, 3.63) is 29.6 Å². The van der Waals surface area contributed by atoms with Crippen LogP contribution in [-0.4, -0.2) is 9.78 Å². The van der Waals surface area contributed by atoms with E-state index in [0.29, 0.717) is 0 Å². The van der Waals surface area contributed by atoms with Crippen LogP contribution in [-0.2, 0) is 6.54 Å². The van der Waals surface area contributed by atoms with Gasteiger partial charge in [0.05, 0.1) is 6.20 Å². The molecule has 3 heteroatoms. The molecule has 3 nitrogen and oxygen atoms in total. The molecule has 0 radical (unpaired) electrons. The third-order valence-electron chi connectivity index (χ3n) is 3.27. The number of rotatable bonds is 4. The highest BCUT2D eigenvalue weighted by molar-refractivity contribution is 5.15. The zero-order valence-corrected chi connectivity index (χ0v) is 10.0. The SMILES string of the molecule is CCn1cc(C(N)CC2=CCCCC2)cn1. The minimum absolute atomic E-state index is 0.115. The molecule has 0 bridgehead atoms. The van der Waals surface area contributed by atoms with Crippen molar-refractivity contribution in [1.82, 2.24) is 9.78 Å². The van der Waals surface area contributed by atoms with Crippen LogP contribution in [0.25, 0.3) is 0 Å². The minimum atomic E-state index is 0.115. The molecule has 2 N–H and O–H groups in total. The predicted molar refractivity (Wildman–Crippen MR) is 66.0 cm³/mol. The molecule has 0 saturated carbocycles. The van der Waals surface area contributed by atoms with Crippen LogP contribution in [0.4, 0.5) is 0 Å². The summed E-state index contributed by atoms with van der Waals surface area (Å²) in [5.41, 5.74) is 8.89. The number of aromatic nitrogens is 2. The van der Waals surface area contributed by atoms with Crippen LogP contribution in [0.5, 0.6) is 0 Å². The average Bonchev–Trinajstić information content (AvgIpc) is 2.79. The standard InChI is InChI=1S/C13H21N3/c1-2-16-10-12(9-15-16)13(14)8-11-6-4-3-5-7-11/h6,9-10,13H,2-5,7-8,14H2,1H3. The molecule has 0 aliphatic heterocycles. The fraction of sp³-hybridized carbons (Fsp3) is 0.615. The van der Waals surface area contributed by atoms with Gasteiger partial charge >= 0.3 is 0 Å². The molecule has 1 unspecified atom stereocenters. The summed E-state index contributed by atoms with van der Waals surface area (Å²) in [5.74, 6) is 0. The van der Waals surface area contributed by atoms with Crippen molar-refractivity contribution in [3.8, 4) is 0 Å². The van der Waals surface area contributed by atoms with Crippen LogP contribution in [0.2, 0.25) is 0 Å². The highest BCUT2D eigenvalue weighted by Crippen LogP contribution is 2.25. The summed E-state index contributed by atoms with van der Waals surface area (Å²) >= 11 is 0. The minimum Gasteiger partial charge on any atom is -0.324 e. The first kappa shape index (κ1) is 11.4. The van der Waals surface area contributed by atoms with E-state index in [1.165, 1.54) is 31.3 Å². The number of hydrogen-bond donors (Lipinski definition) is 1. The third kappa shape index (κ3) is 2.73. The molecular weight excluding hydrogens is 198 g/mol. The number of nitrogens with zero attached hydrogens (tertiary/aromatic N) is 2. The van der Waals surface area contributed by atoms with E-state index in [0.717, 1.165) is 18.5 Å². The Kier molecular flexibility index (Phi) is 3.78. The van der Waals surface area contributed by atoms with Gasteiger partial charge in [-0.05, 0) is 39.0 Å². The molecule has 1 aromatic heterocycles. The summed E-state index contributed by atoms with van der Waals surface area (Å²) in [6.07, 6.45) is 12.5. The predicted octanol–water partition coefficient (Wildman–Crippen LogP) is 2.79. The fourth-order valence-electron chi connectivity index (χ4n) is 2.23. The number of allylic oxidation sites excluding steroid dienone is 1. The number of nitrogens with two attached hydrogens (primary N) is 1. The van der Waals surface area contributed by atoms with Gasteiger partial charge in [-0.25, -0.2) is 0 Å². The highest BCUT2D eigenvalue weighted by Gasteiger charge is 2.12.